The van der Waals surface area contributed by atoms with Crippen LogP contribution in [0, 0.1) is 5.82 Å². The molecule has 2 rings (SSSR count). The molecule has 1 aliphatic rings. The minimum Gasteiger partial charge on any atom is -0.393 e. The Labute approximate surface area is 127 Å². The largest absolute Gasteiger partial charge is 0.393 e. The zero-order valence-electron chi connectivity index (χ0n) is 12.9. The smallest absolute Gasteiger partial charge is 0.123 e. The second kappa shape index (κ2) is 8.47. The average molecular weight is 294 g/mol. The quantitative estimate of drug-likeness (QED) is 0.811. The van der Waals surface area contributed by atoms with Crippen LogP contribution in [0.4, 0.5) is 4.39 Å². The van der Waals surface area contributed by atoms with Crippen molar-refractivity contribution in [1.82, 2.24) is 10.2 Å². The molecule has 0 aliphatic carbocycles. The van der Waals surface area contributed by atoms with Crippen LogP contribution in [0.2, 0.25) is 0 Å². The first kappa shape index (κ1) is 16.4. The Morgan fingerprint density at radius 2 is 1.95 bits per heavy atom. The molecule has 0 saturated carbocycles. The van der Waals surface area contributed by atoms with E-state index in [1.54, 1.807) is 0 Å². The Morgan fingerprint density at radius 1 is 1.29 bits per heavy atom. The van der Waals surface area contributed by atoms with Gasteiger partial charge < -0.3 is 15.3 Å². The van der Waals surface area contributed by atoms with Crippen molar-refractivity contribution in [3.05, 3.63) is 35.6 Å². The highest BCUT2D eigenvalue weighted by atomic mass is 19.1. The van der Waals surface area contributed by atoms with Crippen molar-refractivity contribution in [2.45, 2.75) is 44.8 Å². The summed E-state index contributed by atoms with van der Waals surface area (Å²) in [6, 6.07) is 7.10. The highest BCUT2D eigenvalue weighted by Gasteiger charge is 2.18. The summed E-state index contributed by atoms with van der Waals surface area (Å²) in [5.41, 5.74) is 1.15. The number of hydrogen-bond donors (Lipinski definition) is 2. The molecule has 1 fully saturated rings. The molecule has 1 heterocycles. The monoisotopic (exact) mass is 294 g/mol. The fraction of sp³-hybridized carbons (Fsp3) is 0.647. The average Bonchev–Trinajstić information content (AvgIpc) is 2.50. The van der Waals surface area contributed by atoms with Crippen LogP contribution in [-0.2, 0) is 0 Å². The number of halogens is 1. The maximum absolute atomic E-state index is 13.1. The molecule has 1 saturated heterocycles. The van der Waals surface area contributed by atoms with Crippen LogP contribution in [0.25, 0.3) is 0 Å². The molecule has 1 aromatic carbocycles. The number of nitrogens with zero attached hydrogens (tertiary/aromatic N) is 1. The first-order valence-electron chi connectivity index (χ1n) is 8.08. The number of piperidine rings is 1. The van der Waals surface area contributed by atoms with Gasteiger partial charge in [0.1, 0.15) is 5.82 Å². The number of aliphatic hydroxyl groups excluding tert-OH is 1. The fourth-order valence-corrected chi connectivity index (χ4v) is 2.85. The van der Waals surface area contributed by atoms with Gasteiger partial charge in [-0.25, -0.2) is 4.39 Å². The molecular formula is C17H27FN2O. The third-order valence-corrected chi connectivity index (χ3v) is 4.20. The van der Waals surface area contributed by atoms with Crippen molar-refractivity contribution in [3.8, 4) is 0 Å². The molecule has 0 amide bonds. The molecule has 118 valence electrons. The molecular weight excluding hydrogens is 267 g/mol. The highest BCUT2D eigenvalue weighted by Crippen LogP contribution is 2.19. The Hall–Kier alpha value is -0.970. The molecule has 0 radical (unpaired) electrons. The number of rotatable bonds is 7. The van der Waals surface area contributed by atoms with Gasteiger partial charge in [0.05, 0.1) is 6.10 Å². The van der Waals surface area contributed by atoms with E-state index in [1.807, 2.05) is 12.1 Å². The zero-order chi connectivity index (χ0) is 15.1. The third-order valence-electron chi connectivity index (χ3n) is 4.20. The van der Waals surface area contributed by atoms with Gasteiger partial charge in [-0.05, 0) is 56.5 Å². The van der Waals surface area contributed by atoms with Crippen LogP contribution in [0.1, 0.15) is 44.2 Å². The molecule has 0 aromatic heterocycles. The number of likely N-dealkylation sites (tertiary alicyclic amines) is 1. The summed E-state index contributed by atoms with van der Waals surface area (Å²) in [6.45, 7) is 6.10. The van der Waals surface area contributed by atoms with Crippen molar-refractivity contribution >= 4 is 0 Å². The van der Waals surface area contributed by atoms with Crippen LogP contribution in [0.3, 0.4) is 0 Å². The van der Waals surface area contributed by atoms with Gasteiger partial charge in [-0.15, -0.1) is 0 Å². The molecule has 1 atom stereocenters. The Bertz CT molecular complexity index is 402. The summed E-state index contributed by atoms with van der Waals surface area (Å²) in [5.74, 6) is -0.182. The Kier molecular flexibility index (Phi) is 6.61. The van der Waals surface area contributed by atoms with Crippen LogP contribution < -0.4 is 5.32 Å². The summed E-state index contributed by atoms with van der Waals surface area (Å²) in [4.78, 5) is 2.41. The van der Waals surface area contributed by atoms with Gasteiger partial charge in [0.15, 0.2) is 0 Å². The van der Waals surface area contributed by atoms with E-state index in [4.69, 9.17) is 0 Å². The molecule has 1 aromatic rings. The van der Waals surface area contributed by atoms with Crippen molar-refractivity contribution < 1.29 is 9.50 Å². The van der Waals surface area contributed by atoms with Crippen molar-refractivity contribution in [1.29, 1.82) is 0 Å². The number of benzene rings is 1. The fourth-order valence-electron chi connectivity index (χ4n) is 2.85. The molecule has 0 bridgehead atoms. The van der Waals surface area contributed by atoms with Gasteiger partial charge in [-0.3, -0.25) is 0 Å². The van der Waals surface area contributed by atoms with Crippen molar-refractivity contribution in [2.75, 3.05) is 26.2 Å². The Morgan fingerprint density at radius 3 is 2.57 bits per heavy atom. The molecule has 1 unspecified atom stereocenters. The SMILES string of the molecule is CCCNC(CCN1CCC(O)CC1)c1ccc(F)cc1. The number of nitrogens with one attached hydrogen (secondary N) is 1. The van der Waals surface area contributed by atoms with Crippen LogP contribution in [0.15, 0.2) is 24.3 Å². The molecule has 3 nitrogen and oxygen atoms in total. The summed E-state index contributed by atoms with van der Waals surface area (Å²) < 4.78 is 13.1. The van der Waals surface area contributed by atoms with Gasteiger partial charge in [0.25, 0.3) is 0 Å². The van der Waals surface area contributed by atoms with Crippen molar-refractivity contribution in [3.63, 3.8) is 0 Å². The Balaban J connectivity index is 1.88. The maximum atomic E-state index is 13.1. The standard InChI is InChI=1S/C17H27FN2O/c1-2-10-19-17(14-3-5-15(18)6-4-14)9-13-20-11-7-16(21)8-12-20/h3-6,16-17,19,21H,2,7-13H2,1H3. The topological polar surface area (TPSA) is 35.5 Å². The van der Waals surface area contributed by atoms with E-state index in [9.17, 15) is 9.50 Å². The number of aliphatic hydroxyl groups is 1. The minimum atomic E-state index is -0.182. The lowest BCUT2D eigenvalue weighted by Gasteiger charge is -2.31. The second-order valence-corrected chi connectivity index (χ2v) is 5.92. The number of hydrogen-bond acceptors (Lipinski definition) is 3. The van der Waals surface area contributed by atoms with Gasteiger partial charge in [-0.1, -0.05) is 19.1 Å². The summed E-state index contributed by atoms with van der Waals surface area (Å²) in [6.07, 6.45) is 3.75. The summed E-state index contributed by atoms with van der Waals surface area (Å²) in [7, 11) is 0. The lowest BCUT2D eigenvalue weighted by molar-refractivity contribution is 0.0806. The predicted molar refractivity (Wildman–Crippen MR) is 83.7 cm³/mol. The lowest BCUT2D eigenvalue weighted by atomic mass is 10.0. The third kappa shape index (κ3) is 5.38. The first-order chi connectivity index (χ1) is 10.2. The second-order valence-electron chi connectivity index (χ2n) is 5.92. The van der Waals surface area contributed by atoms with E-state index in [1.165, 1.54) is 12.1 Å². The molecule has 4 heteroatoms. The molecule has 2 N–H and O–H groups in total. The van der Waals surface area contributed by atoms with Crippen molar-refractivity contribution in [2.24, 2.45) is 0 Å². The van der Waals surface area contributed by atoms with Crippen LogP contribution in [0.5, 0.6) is 0 Å². The minimum absolute atomic E-state index is 0.118. The maximum Gasteiger partial charge on any atom is 0.123 e. The molecule has 21 heavy (non-hydrogen) atoms. The predicted octanol–water partition coefficient (Wildman–Crippen LogP) is 2.71. The highest BCUT2D eigenvalue weighted by molar-refractivity contribution is 5.20. The van der Waals surface area contributed by atoms with Crippen LogP contribution in [-0.4, -0.2) is 42.3 Å². The van der Waals surface area contributed by atoms with E-state index in [-0.39, 0.29) is 18.0 Å². The summed E-state index contributed by atoms with van der Waals surface area (Å²) in [5, 5.41) is 13.1. The van der Waals surface area contributed by atoms with Gasteiger partial charge in [0.2, 0.25) is 0 Å². The first-order valence-corrected chi connectivity index (χ1v) is 8.08. The van der Waals surface area contributed by atoms with Gasteiger partial charge in [0, 0.05) is 19.1 Å². The van der Waals surface area contributed by atoms with Gasteiger partial charge >= 0.3 is 0 Å². The van der Waals surface area contributed by atoms with Gasteiger partial charge in [-0.2, -0.15) is 0 Å². The van der Waals surface area contributed by atoms with E-state index in [2.05, 4.69) is 17.1 Å². The van der Waals surface area contributed by atoms with E-state index >= 15 is 0 Å². The zero-order valence-corrected chi connectivity index (χ0v) is 12.9. The van der Waals surface area contributed by atoms with Crippen LogP contribution >= 0.6 is 0 Å². The summed E-state index contributed by atoms with van der Waals surface area (Å²) >= 11 is 0. The van der Waals surface area contributed by atoms with E-state index in [0.29, 0.717) is 0 Å². The molecule has 1 aliphatic heterocycles. The normalized spacial score (nSPS) is 18.8. The lowest BCUT2D eigenvalue weighted by Crippen LogP contribution is -2.37. The molecule has 0 spiro atoms. The van der Waals surface area contributed by atoms with E-state index < -0.39 is 0 Å². The van der Waals surface area contributed by atoms with E-state index in [0.717, 1.165) is 57.4 Å².